The van der Waals surface area contributed by atoms with Crippen molar-refractivity contribution in [2.24, 2.45) is 0 Å². The summed E-state index contributed by atoms with van der Waals surface area (Å²) in [7, 11) is 5.94. The van der Waals surface area contributed by atoms with Crippen LogP contribution in [-0.2, 0) is 11.3 Å². The van der Waals surface area contributed by atoms with Crippen molar-refractivity contribution < 1.29 is 4.74 Å². The first-order chi connectivity index (χ1) is 8.69. The van der Waals surface area contributed by atoms with Gasteiger partial charge in [0.15, 0.2) is 0 Å². The normalized spacial score (nSPS) is 23.3. The van der Waals surface area contributed by atoms with Gasteiger partial charge < -0.3 is 15.0 Å². The second kappa shape index (κ2) is 6.21. The van der Waals surface area contributed by atoms with Crippen LogP contribution in [0.2, 0.25) is 0 Å². The third-order valence-electron chi connectivity index (χ3n) is 3.77. The quantitative estimate of drug-likeness (QED) is 0.866. The van der Waals surface area contributed by atoms with Gasteiger partial charge in [0, 0.05) is 39.5 Å². The molecule has 0 aromatic heterocycles. The molecule has 3 nitrogen and oxygen atoms in total. The van der Waals surface area contributed by atoms with E-state index < -0.39 is 0 Å². The minimum absolute atomic E-state index is 0.457. The smallest absolute Gasteiger partial charge is 0.0586 e. The van der Waals surface area contributed by atoms with E-state index in [0.29, 0.717) is 12.1 Å². The molecule has 1 aromatic carbocycles. The van der Waals surface area contributed by atoms with Crippen LogP contribution in [0.15, 0.2) is 24.3 Å². The van der Waals surface area contributed by atoms with Crippen molar-refractivity contribution in [2.45, 2.75) is 38.0 Å². The highest BCUT2D eigenvalue weighted by Gasteiger charge is 2.23. The molecule has 0 heterocycles. The van der Waals surface area contributed by atoms with Crippen LogP contribution in [-0.4, -0.2) is 33.4 Å². The Morgan fingerprint density at radius 2 is 1.94 bits per heavy atom. The predicted octanol–water partition coefficient (Wildman–Crippen LogP) is 2.41. The molecule has 2 unspecified atom stereocenters. The second-order valence-electron chi connectivity index (χ2n) is 5.31. The first-order valence-electron chi connectivity index (χ1n) is 6.71. The van der Waals surface area contributed by atoms with Crippen molar-refractivity contribution in [2.75, 3.05) is 26.1 Å². The number of rotatable bonds is 5. The maximum Gasteiger partial charge on any atom is 0.0586 e. The second-order valence-corrected chi connectivity index (χ2v) is 5.31. The summed E-state index contributed by atoms with van der Waals surface area (Å²) in [5, 5.41) is 3.62. The minimum atomic E-state index is 0.457. The first kappa shape index (κ1) is 13.4. The Morgan fingerprint density at radius 3 is 2.50 bits per heavy atom. The molecule has 18 heavy (non-hydrogen) atoms. The summed E-state index contributed by atoms with van der Waals surface area (Å²) in [6, 6.07) is 9.35. The van der Waals surface area contributed by atoms with E-state index >= 15 is 0 Å². The van der Waals surface area contributed by atoms with Gasteiger partial charge in [0.2, 0.25) is 0 Å². The summed E-state index contributed by atoms with van der Waals surface area (Å²) in [4.78, 5) is 2.12. The Kier molecular flexibility index (Phi) is 4.61. The fourth-order valence-electron chi connectivity index (χ4n) is 2.51. The van der Waals surface area contributed by atoms with Crippen LogP contribution in [0.3, 0.4) is 0 Å². The van der Waals surface area contributed by atoms with Crippen molar-refractivity contribution in [1.29, 1.82) is 0 Å². The maximum absolute atomic E-state index is 5.39. The average molecular weight is 248 g/mol. The van der Waals surface area contributed by atoms with Crippen molar-refractivity contribution in [3.63, 3.8) is 0 Å². The summed E-state index contributed by atoms with van der Waals surface area (Å²) in [5.74, 6) is 0. The van der Waals surface area contributed by atoms with Gasteiger partial charge in [0.1, 0.15) is 0 Å². The number of hydrogen-bond donors (Lipinski definition) is 1. The van der Waals surface area contributed by atoms with Gasteiger partial charge in [-0.1, -0.05) is 12.1 Å². The van der Waals surface area contributed by atoms with Gasteiger partial charge in [-0.3, -0.25) is 0 Å². The lowest BCUT2D eigenvalue weighted by molar-refractivity contribution is 0.107. The van der Waals surface area contributed by atoms with Crippen molar-refractivity contribution in [3.05, 3.63) is 29.8 Å². The van der Waals surface area contributed by atoms with Crippen molar-refractivity contribution in [3.8, 4) is 0 Å². The van der Waals surface area contributed by atoms with Crippen LogP contribution in [0.4, 0.5) is 5.69 Å². The fourth-order valence-corrected chi connectivity index (χ4v) is 2.51. The van der Waals surface area contributed by atoms with E-state index in [2.05, 4.69) is 48.6 Å². The lowest BCUT2D eigenvalue weighted by Gasteiger charge is -2.15. The van der Waals surface area contributed by atoms with E-state index in [9.17, 15) is 0 Å². The number of nitrogens with zero attached hydrogens (tertiary/aromatic N) is 1. The zero-order valence-corrected chi connectivity index (χ0v) is 11.6. The molecule has 0 saturated heterocycles. The molecular formula is C15H24N2O. The number of nitrogens with one attached hydrogen (secondary N) is 1. The van der Waals surface area contributed by atoms with Gasteiger partial charge in [-0.25, -0.2) is 0 Å². The standard InChI is InChI=1S/C15H24N2O/c1-17(2)14-7-4-12(5-8-14)11-16-13-6-9-15(10-13)18-3/h4-5,7-8,13,15-16H,6,9-11H2,1-3H3. The molecule has 1 aliphatic rings. The lowest BCUT2D eigenvalue weighted by atomic mass is 10.1. The third-order valence-corrected chi connectivity index (χ3v) is 3.77. The highest BCUT2D eigenvalue weighted by Crippen LogP contribution is 2.21. The van der Waals surface area contributed by atoms with Crippen LogP contribution >= 0.6 is 0 Å². The zero-order valence-electron chi connectivity index (χ0n) is 11.6. The van der Waals surface area contributed by atoms with Crippen LogP contribution in [0.25, 0.3) is 0 Å². The van der Waals surface area contributed by atoms with Crippen LogP contribution in [0.5, 0.6) is 0 Å². The van der Waals surface area contributed by atoms with Crippen molar-refractivity contribution in [1.82, 2.24) is 5.32 Å². The lowest BCUT2D eigenvalue weighted by Crippen LogP contribution is -2.26. The Balaban J connectivity index is 1.80. The largest absolute Gasteiger partial charge is 0.381 e. The Labute approximate surface area is 110 Å². The van der Waals surface area contributed by atoms with Gasteiger partial charge in [-0.15, -0.1) is 0 Å². The highest BCUT2D eigenvalue weighted by molar-refractivity contribution is 5.45. The predicted molar refractivity (Wildman–Crippen MR) is 76.0 cm³/mol. The fraction of sp³-hybridized carbons (Fsp3) is 0.600. The molecule has 1 N–H and O–H groups in total. The number of benzene rings is 1. The van der Waals surface area contributed by atoms with Crippen molar-refractivity contribution >= 4 is 5.69 Å². The van der Waals surface area contributed by atoms with E-state index in [1.165, 1.54) is 24.1 Å². The van der Waals surface area contributed by atoms with Gasteiger partial charge in [0.25, 0.3) is 0 Å². The number of hydrogen-bond acceptors (Lipinski definition) is 3. The van der Waals surface area contributed by atoms with E-state index in [-0.39, 0.29) is 0 Å². The maximum atomic E-state index is 5.39. The molecular weight excluding hydrogens is 224 g/mol. The molecule has 2 atom stereocenters. The topological polar surface area (TPSA) is 24.5 Å². The van der Waals surface area contributed by atoms with E-state index in [4.69, 9.17) is 4.74 Å². The number of ether oxygens (including phenoxy) is 1. The molecule has 1 aromatic rings. The summed E-state index contributed by atoms with van der Waals surface area (Å²) in [6.45, 7) is 0.953. The molecule has 100 valence electrons. The van der Waals surface area contributed by atoms with Crippen LogP contribution < -0.4 is 10.2 Å². The molecule has 1 saturated carbocycles. The van der Waals surface area contributed by atoms with E-state index in [1.807, 2.05) is 7.11 Å². The molecule has 0 aliphatic heterocycles. The van der Waals surface area contributed by atoms with Crippen LogP contribution in [0.1, 0.15) is 24.8 Å². The molecule has 0 spiro atoms. The van der Waals surface area contributed by atoms with Gasteiger partial charge >= 0.3 is 0 Å². The molecule has 0 radical (unpaired) electrons. The average Bonchev–Trinajstić information content (AvgIpc) is 2.85. The zero-order chi connectivity index (χ0) is 13.0. The molecule has 2 rings (SSSR count). The molecule has 1 fully saturated rings. The Morgan fingerprint density at radius 1 is 1.22 bits per heavy atom. The van der Waals surface area contributed by atoms with Gasteiger partial charge in [0.05, 0.1) is 6.10 Å². The Bertz CT molecular complexity index is 361. The molecule has 0 amide bonds. The number of methoxy groups -OCH3 is 1. The summed E-state index contributed by atoms with van der Waals surface area (Å²) < 4.78 is 5.39. The summed E-state index contributed by atoms with van der Waals surface area (Å²) in [5.41, 5.74) is 2.60. The van der Waals surface area contributed by atoms with Gasteiger partial charge in [-0.05, 0) is 37.0 Å². The third kappa shape index (κ3) is 3.47. The van der Waals surface area contributed by atoms with Crippen LogP contribution in [0, 0.1) is 0 Å². The molecule has 1 aliphatic carbocycles. The monoisotopic (exact) mass is 248 g/mol. The molecule has 0 bridgehead atoms. The van der Waals surface area contributed by atoms with E-state index in [1.54, 1.807) is 0 Å². The Hall–Kier alpha value is -1.06. The SMILES string of the molecule is COC1CCC(NCc2ccc(N(C)C)cc2)C1. The summed E-state index contributed by atoms with van der Waals surface area (Å²) in [6.07, 6.45) is 4.02. The minimum Gasteiger partial charge on any atom is -0.381 e. The van der Waals surface area contributed by atoms with E-state index in [0.717, 1.165) is 13.0 Å². The number of anilines is 1. The molecule has 3 heteroatoms. The first-order valence-corrected chi connectivity index (χ1v) is 6.71. The highest BCUT2D eigenvalue weighted by atomic mass is 16.5. The van der Waals surface area contributed by atoms with Gasteiger partial charge in [-0.2, -0.15) is 0 Å². The summed E-state index contributed by atoms with van der Waals surface area (Å²) >= 11 is 0.